The van der Waals surface area contributed by atoms with E-state index < -0.39 is 0 Å². The number of likely N-dealkylation sites (tertiary alicyclic amines) is 1. The zero-order valence-corrected chi connectivity index (χ0v) is 11.5. The Morgan fingerprint density at radius 3 is 2.44 bits per heavy atom. The fourth-order valence-corrected chi connectivity index (χ4v) is 4.23. The molecule has 1 amide bonds. The van der Waals surface area contributed by atoms with Crippen LogP contribution in [-0.4, -0.2) is 23.9 Å². The second-order valence-electron chi connectivity index (χ2n) is 5.70. The molecule has 2 heterocycles. The quantitative estimate of drug-likeness (QED) is 0.847. The molecular formula is C14H20N2OS. The van der Waals surface area contributed by atoms with E-state index in [1.54, 1.807) is 0 Å². The average Bonchev–Trinajstić information content (AvgIpc) is 2.99. The van der Waals surface area contributed by atoms with Gasteiger partial charge < -0.3 is 10.6 Å². The number of carbonyl (C=O) groups excluding carboxylic acids is 1. The summed E-state index contributed by atoms with van der Waals surface area (Å²) >= 11 is 1.46. The maximum absolute atomic E-state index is 12.3. The van der Waals surface area contributed by atoms with Crippen LogP contribution in [0.4, 0.5) is 5.69 Å². The van der Waals surface area contributed by atoms with Gasteiger partial charge in [-0.25, -0.2) is 0 Å². The number of piperidine rings is 1. The summed E-state index contributed by atoms with van der Waals surface area (Å²) in [5.74, 6) is 0.135. The molecule has 3 rings (SSSR count). The number of nitrogens with zero attached hydrogens (tertiary/aromatic N) is 1. The van der Waals surface area contributed by atoms with Crippen LogP contribution in [0, 0.1) is 5.41 Å². The molecule has 1 aliphatic heterocycles. The molecule has 2 N–H and O–H groups in total. The van der Waals surface area contributed by atoms with E-state index in [0.717, 1.165) is 18.0 Å². The van der Waals surface area contributed by atoms with Crippen LogP contribution in [0.1, 0.15) is 48.2 Å². The maximum Gasteiger partial charge on any atom is 0.266 e. The van der Waals surface area contributed by atoms with E-state index in [2.05, 4.69) is 0 Å². The molecule has 2 fully saturated rings. The lowest BCUT2D eigenvalue weighted by Crippen LogP contribution is -2.42. The van der Waals surface area contributed by atoms with Crippen LogP contribution < -0.4 is 5.73 Å². The van der Waals surface area contributed by atoms with Gasteiger partial charge in [-0.2, -0.15) is 0 Å². The van der Waals surface area contributed by atoms with Gasteiger partial charge in [0.15, 0.2) is 0 Å². The molecular weight excluding hydrogens is 244 g/mol. The minimum absolute atomic E-state index is 0.135. The molecule has 0 radical (unpaired) electrons. The van der Waals surface area contributed by atoms with Crippen LogP contribution >= 0.6 is 11.3 Å². The highest BCUT2D eigenvalue weighted by Crippen LogP contribution is 2.46. The van der Waals surface area contributed by atoms with E-state index in [1.165, 1.54) is 49.9 Å². The van der Waals surface area contributed by atoms with Crippen molar-refractivity contribution in [3.8, 4) is 0 Å². The van der Waals surface area contributed by atoms with Gasteiger partial charge in [-0.15, -0.1) is 11.3 Å². The van der Waals surface area contributed by atoms with E-state index in [1.807, 2.05) is 16.3 Å². The molecule has 1 aliphatic carbocycles. The van der Waals surface area contributed by atoms with Crippen LogP contribution in [0.3, 0.4) is 0 Å². The van der Waals surface area contributed by atoms with E-state index in [0.29, 0.717) is 11.1 Å². The minimum atomic E-state index is 0.135. The summed E-state index contributed by atoms with van der Waals surface area (Å²) in [6, 6.07) is 1.82. The molecule has 1 spiro atoms. The number of carbonyl (C=O) groups is 1. The molecule has 0 aromatic carbocycles. The van der Waals surface area contributed by atoms with Gasteiger partial charge in [0.25, 0.3) is 5.91 Å². The molecule has 4 heteroatoms. The molecule has 0 bridgehead atoms. The molecule has 98 valence electrons. The summed E-state index contributed by atoms with van der Waals surface area (Å²) in [6.45, 7) is 1.83. The summed E-state index contributed by atoms with van der Waals surface area (Å²) in [5.41, 5.74) is 7.02. The van der Waals surface area contributed by atoms with Gasteiger partial charge in [0.1, 0.15) is 4.88 Å². The highest BCUT2D eigenvalue weighted by atomic mass is 32.1. The normalized spacial score (nSPS) is 22.6. The third-order valence-corrected chi connectivity index (χ3v) is 5.58. The highest BCUT2D eigenvalue weighted by Gasteiger charge is 2.38. The van der Waals surface area contributed by atoms with E-state index in [9.17, 15) is 4.79 Å². The molecule has 0 atom stereocenters. The summed E-state index contributed by atoms with van der Waals surface area (Å²) in [5, 5.41) is 1.89. The molecule has 3 nitrogen and oxygen atoms in total. The summed E-state index contributed by atoms with van der Waals surface area (Å²) < 4.78 is 0. The van der Waals surface area contributed by atoms with Gasteiger partial charge in [-0.05, 0) is 42.5 Å². The SMILES string of the molecule is Nc1ccsc1C(=O)N1CCC2(CCCC2)CC1. The first-order valence-corrected chi connectivity index (χ1v) is 7.70. The topological polar surface area (TPSA) is 46.3 Å². The van der Waals surface area contributed by atoms with Gasteiger partial charge in [0.05, 0.1) is 5.69 Å². The van der Waals surface area contributed by atoms with Crippen molar-refractivity contribution in [3.63, 3.8) is 0 Å². The lowest BCUT2D eigenvalue weighted by molar-refractivity contribution is 0.0593. The van der Waals surface area contributed by atoms with Crippen molar-refractivity contribution < 1.29 is 4.79 Å². The average molecular weight is 264 g/mol. The van der Waals surface area contributed by atoms with Crippen molar-refractivity contribution in [1.82, 2.24) is 4.90 Å². The predicted octanol–water partition coefficient (Wildman–Crippen LogP) is 3.13. The number of thiophene rings is 1. The summed E-state index contributed by atoms with van der Waals surface area (Å²) in [6.07, 6.45) is 7.87. The predicted molar refractivity (Wildman–Crippen MR) is 74.8 cm³/mol. The Balaban J connectivity index is 1.66. The van der Waals surface area contributed by atoms with Gasteiger partial charge in [0, 0.05) is 13.1 Å². The van der Waals surface area contributed by atoms with Crippen molar-refractivity contribution in [2.45, 2.75) is 38.5 Å². The standard InChI is InChI=1S/C14H20N2OS/c15-11-3-10-18-12(11)13(17)16-8-6-14(7-9-16)4-1-2-5-14/h3,10H,1-2,4-9,15H2. The molecule has 1 saturated heterocycles. The Bertz CT molecular complexity index is 438. The first-order valence-electron chi connectivity index (χ1n) is 6.82. The second-order valence-corrected chi connectivity index (χ2v) is 6.62. The number of rotatable bonds is 1. The maximum atomic E-state index is 12.3. The Morgan fingerprint density at radius 1 is 1.22 bits per heavy atom. The van der Waals surface area contributed by atoms with Crippen LogP contribution in [0.25, 0.3) is 0 Å². The Morgan fingerprint density at radius 2 is 1.89 bits per heavy atom. The summed E-state index contributed by atoms with van der Waals surface area (Å²) in [4.78, 5) is 15.1. The van der Waals surface area contributed by atoms with Crippen molar-refractivity contribution >= 4 is 22.9 Å². The van der Waals surface area contributed by atoms with Crippen LogP contribution in [-0.2, 0) is 0 Å². The third-order valence-electron chi connectivity index (χ3n) is 4.67. The van der Waals surface area contributed by atoms with Crippen LogP contribution in [0.15, 0.2) is 11.4 Å². The van der Waals surface area contributed by atoms with Crippen molar-refractivity contribution in [2.75, 3.05) is 18.8 Å². The fourth-order valence-electron chi connectivity index (χ4n) is 3.45. The molecule has 1 saturated carbocycles. The number of nitrogens with two attached hydrogens (primary N) is 1. The van der Waals surface area contributed by atoms with Crippen molar-refractivity contribution in [2.24, 2.45) is 5.41 Å². The van der Waals surface area contributed by atoms with Crippen molar-refractivity contribution in [3.05, 3.63) is 16.3 Å². The van der Waals surface area contributed by atoms with Crippen LogP contribution in [0.2, 0.25) is 0 Å². The Kier molecular flexibility index (Phi) is 3.06. The van der Waals surface area contributed by atoms with Crippen molar-refractivity contribution in [1.29, 1.82) is 0 Å². The smallest absolute Gasteiger partial charge is 0.266 e. The monoisotopic (exact) mass is 264 g/mol. The number of hydrogen-bond acceptors (Lipinski definition) is 3. The molecule has 18 heavy (non-hydrogen) atoms. The molecule has 0 unspecified atom stereocenters. The van der Waals surface area contributed by atoms with Gasteiger partial charge in [0.2, 0.25) is 0 Å². The molecule has 1 aromatic rings. The molecule has 2 aliphatic rings. The molecule has 1 aromatic heterocycles. The Labute approximate surface area is 112 Å². The zero-order chi connectivity index (χ0) is 12.6. The first-order chi connectivity index (χ1) is 8.70. The second kappa shape index (κ2) is 4.57. The van der Waals surface area contributed by atoms with E-state index in [-0.39, 0.29) is 5.91 Å². The van der Waals surface area contributed by atoms with E-state index >= 15 is 0 Å². The summed E-state index contributed by atoms with van der Waals surface area (Å²) in [7, 11) is 0. The number of anilines is 1. The third kappa shape index (κ3) is 2.03. The lowest BCUT2D eigenvalue weighted by Gasteiger charge is -2.39. The number of hydrogen-bond donors (Lipinski definition) is 1. The number of nitrogen functional groups attached to an aromatic ring is 1. The largest absolute Gasteiger partial charge is 0.397 e. The number of amides is 1. The zero-order valence-electron chi connectivity index (χ0n) is 10.7. The van der Waals surface area contributed by atoms with Crippen LogP contribution in [0.5, 0.6) is 0 Å². The Hall–Kier alpha value is -1.03. The lowest BCUT2D eigenvalue weighted by atomic mass is 9.77. The minimum Gasteiger partial charge on any atom is -0.397 e. The fraction of sp³-hybridized carbons (Fsp3) is 0.643. The van der Waals surface area contributed by atoms with Gasteiger partial charge >= 0.3 is 0 Å². The van der Waals surface area contributed by atoms with E-state index in [4.69, 9.17) is 5.73 Å². The van der Waals surface area contributed by atoms with Gasteiger partial charge in [-0.3, -0.25) is 4.79 Å². The van der Waals surface area contributed by atoms with Gasteiger partial charge in [-0.1, -0.05) is 12.8 Å². The highest BCUT2D eigenvalue weighted by molar-refractivity contribution is 7.12. The first kappa shape index (κ1) is 12.0.